The van der Waals surface area contributed by atoms with Crippen molar-refractivity contribution in [2.24, 2.45) is 5.41 Å². The number of halogens is 1. The quantitative estimate of drug-likeness (QED) is 0.612. The SMILES string of the molecule is Cc1nc2ccc(C(=O)N3CC[C@@H](O)[C@](Cc4cccc(F)c4)(C(=O)O)C3)cc2[nH]1. The number of aliphatic hydroxyl groups excluding tert-OH is 1. The summed E-state index contributed by atoms with van der Waals surface area (Å²) in [5, 5.41) is 20.6. The molecule has 4 rings (SSSR count). The van der Waals surface area contributed by atoms with E-state index in [0.29, 0.717) is 11.1 Å². The normalized spacial score (nSPS) is 21.7. The van der Waals surface area contributed by atoms with Crippen molar-refractivity contribution in [3.05, 3.63) is 65.2 Å². The van der Waals surface area contributed by atoms with Gasteiger partial charge in [-0.05, 0) is 55.7 Å². The van der Waals surface area contributed by atoms with Gasteiger partial charge in [0.2, 0.25) is 0 Å². The maximum Gasteiger partial charge on any atom is 0.314 e. The predicted octanol–water partition coefficient (Wildman–Crippen LogP) is 2.53. The second-order valence-corrected chi connectivity index (χ2v) is 7.85. The molecule has 0 bridgehead atoms. The van der Waals surface area contributed by atoms with Crippen molar-refractivity contribution in [1.82, 2.24) is 14.9 Å². The summed E-state index contributed by atoms with van der Waals surface area (Å²) in [6.45, 7) is 1.89. The van der Waals surface area contributed by atoms with Crippen molar-refractivity contribution >= 4 is 22.9 Å². The van der Waals surface area contributed by atoms with Gasteiger partial charge in [0.15, 0.2) is 0 Å². The average molecular weight is 411 g/mol. The predicted molar refractivity (Wildman–Crippen MR) is 108 cm³/mol. The number of benzene rings is 2. The summed E-state index contributed by atoms with van der Waals surface area (Å²) in [5.41, 5.74) is 0.715. The Morgan fingerprint density at radius 3 is 2.83 bits per heavy atom. The molecule has 0 aliphatic carbocycles. The lowest BCUT2D eigenvalue weighted by Gasteiger charge is -2.43. The van der Waals surface area contributed by atoms with Gasteiger partial charge in [0.1, 0.15) is 17.1 Å². The third-order valence-electron chi connectivity index (χ3n) is 5.75. The lowest BCUT2D eigenvalue weighted by Crippen LogP contribution is -2.58. The lowest BCUT2D eigenvalue weighted by molar-refractivity contribution is -0.161. The van der Waals surface area contributed by atoms with Crippen LogP contribution < -0.4 is 0 Å². The number of fused-ring (bicyclic) bond motifs is 1. The number of nitrogens with one attached hydrogen (secondary N) is 1. The third kappa shape index (κ3) is 3.54. The van der Waals surface area contributed by atoms with Crippen LogP contribution in [0.5, 0.6) is 0 Å². The summed E-state index contributed by atoms with van der Waals surface area (Å²) in [6, 6.07) is 10.7. The second kappa shape index (κ2) is 7.53. The lowest BCUT2D eigenvalue weighted by atomic mass is 9.72. The van der Waals surface area contributed by atoms with Crippen LogP contribution in [0.3, 0.4) is 0 Å². The molecule has 1 amide bonds. The molecule has 7 nitrogen and oxygen atoms in total. The van der Waals surface area contributed by atoms with E-state index in [9.17, 15) is 24.2 Å². The van der Waals surface area contributed by atoms with Crippen LogP contribution in [0.15, 0.2) is 42.5 Å². The van der Waals surface area contributed by atoms with Gasteiger partial charge in [0.25, 0.3) is 5.91 Å². The van der Waals surface area contributed by atoms with Crippen molar-refractivity contribution in [2.45, 2.75) is 25.9 Å². The molecular formula is C22H22FN3O4. The van der Waals surface area contributed by atoms with Crippen LogP contribution in [0.4, 0.5) is 4.39 Å². The van der Waals surface area contributed by atoms with Crippen molar-refractivity contribution < 1.29 is 24.2 Å². The van der Waals surface area contributed by atoms with E-state index in [0.717, 1.165) is 16.9 Å². The summed E-state index contributed by atoms with van der Waals surface area (Å²) >= 11 is 0. The fourth-order valence-electron chi connectivity index (χ4n) is 4.18. The number of aliphatic hydroxyl groups is 1. The molecule has 1 aliphatic rings. The minimum Gasteiger partial charge on any atom is -0.481 e. The first-order chi connectivity index (χ1) is 14.3. The Bertz CT molecular complexity index is 1130. The van der Waals surface area contributed by atoms with E-state index in [-0.39, 0.29) is 31.8 Å². The molecule has 8 heteroatoms. The molecule has 2 aromatic carbocycles. The zero-order chi connectivity index (χ0) is 21.5. The smallest absolute Gasteiger partial charge is 0.314 e. The molecule has 2 heterocycles. The molecule has 1 saturated heterocycles. The first-order valence-electron chi connectivity index (χ1n) is 9.70. The molecule has 30 heavy (non-hydrogen) atoms. The number of rotatable bonds is 4. The number of aliphatic carboxylic acids is 1. The molecule has 1 aliphatic heterocycles. The number of hydrogen-bond acceptors (Lipinski definition) is 4. The van der Waals surface area contributed by atoms with Crippen LogP contribution in [0, 0.1) is 18.2 Å². The molecule has 2 atom stereocenters. The number of amides is 1. The number of aromatic nitrogens is 2. The number of carboxylic acids is 1. The molecule has 1 aromatic heterocycles. The molecule has 156 valence electrons. The Kier molecular flexibility index (Phi) is 5.03. The highest BCUT2D eigenvalue weighted by Gasteiger charge is 2.50. The van der Waals surface area contributed by atoms with Gasteiger partial charge in [-0.15, -0.1) is 0 Å². The topological polar surface area (TPSA) is 107 Å². The van der Waals surface area contributed by atoms with Crippen LogP contribution in [0.1, 0.15) is 28.2 Å². The Labute approximate surface area is 172 Å². The van der Waals surface area contributed by atoms with Gasteiger partial charge in [0.05, 0.1) is 17.1 Å². The number of piperidine rings is 1. The van der Waals surface area contributed by atoms with Crippen molar-refractivity contribution in [2.75, 3.05) is 13.1 Å². The number of nitrogens with zero attached hydrogens (tertiary/aromatic N) is 2. The minimum atomic E-state index is -1.61. The van der Waals surface area contributed by atoms with Gasteiger partial charge in [-0.1, -0.05) is 12.1 Å². The highest BCUT2D eigenvalue weighted by Crippen LogP contribution is 2.35. The van der Waals surface area contributed by atoms with E-state index >= 15 is 0 Å². The molecule has 0 saturated carbocycles. The largest absolute Gasteiger partial charge is 0.481 e. The second-order valence-electron chi connectivity index (χ2n) is 7.85. The zero-order valence-electron chi connectivity index (χ0n) is 16.4. The number of likely N-dealkylation sites (tertiary alicyclic amines) is 1. The molecule has 3 aromatic rings. The van der Waals surface area contributed by atoms with Crippen LogP contribution >= 0.6 is 0 Å². The Morgan fingerprint density at radius 1 is 1.30 bits per heavy atom. The van der Waals surface area contributed by atoms with Crippen LogP contribution in [-0.4, -0.2) is 56.2 Å². The maximum absolute atomic E-state index is 13.6. The van der Waals surface area contributed by atoms with E-state index < -0.39 is 23.3 Å². The van der Waals surface area contributed by atoms with Gasteiger partial charge in [-0.25, -0.2) is 9.37 Å². The first-order valence-corrected chi connectivity index (χ1v) is 9.70. The molecule has 1 fully saturated rings. The molecule has 0 radical (unpaired) electrons. The van der Waals surface area contributed by atoms with Gasteiger partial charge in [0, 0.05) is 18.7 Å². The molecule has 3 N–H and O–H groups in total. The van der Waals surface area contributed by atoms with Crippen LogP contribution in [0.2, 0.25) is 0 Å². The standard InChI is InChI=1S/C22H22FN3O4/c1-13-24-17-6-5-15(10-18(17)25-13)20(28)26-8-7-19(27)22(12-26,21(29)30)11-14-3-2-4-16(23)9-14/h2-6,9-10,19,27H,7-8,11-12H2,1H3,(H,24,25)(H,29,30)/t19-,22-/m1/s1. The highest BCUT2D eigenvalue weighted by molar-refractivity contribution is 5.97. The maximum atomic E-state index is 13.6. The van der Waals surface area contributed by atoms with Crippen molar-refractivity contribution in [1.29, 1.82) is 0 Å². The summed E-state index contributed by atoms with van der Waals surface area (Å²) in [6.07, 6.45) is -1.11. The number of H-pyrrole nitrogens is 1. The fraction of sp³-hybridized carbons (Fsp3) is 0.318. The minimum absolute atomic E-state index is 0.0795. The Hall–Kier alpha value is -3.26. The summed E-state index contributed by atoms with van der Waals surface area (Å²) in [7, 11) is 0. The van der Waals surface area contributed by atoms with Crippen molar-refractivity contribution in [3.63, 3.8) is 0 Å². The number of aromatic amines is 1. The number of hydrogen-bond donors (Lipinski definition) is 3. The Balaban J connectivity index is 1.64. The number of carboxylic acid groups (broad SMARTS) is 1. The van der Waals surface area contributed by atoms with Crippen molar-refractivity contribution in [3.8, 4) is 0 Å². The summed E-state index contributed by atoms with van der Waals surface area (Å²) < 4.78 is 13.6. The van der Waals surface area contributed by atoms with E-state index in [2.05, 4.69) is 9.97 Å². The highest BCUT2D eigenvalue weighted by atomic mass is 19.1. The van der Waals surface area contributed by atoms with Gasteiger partial charge < -0.3 is 20.1 Å². The van der Waals surface area contributed by atoms with Gasteiger partial charge in [-0.3, -0.25) is 9.59 Å². The number of aryl methyl sites for hydroxylation is 1. The first kappa shape index (κ1) is 20.0. The molecule has 0 unspecified atom stereocenters. The van der Waals surface area contributed by atoms with E-state index in [1.165, 1.54) is 23.1 Å². The zero-order valence-corrected chi connectivity index (χ0v) is 16.4. The van der Waals surface area contributed by atoms with E-state index in [1.54, 1.807) is 24.3 Å². The number of carbonyl (C=O) groups is 2. The van der Waals surface area contributed by atoms with Gasteiger partial charge >= 0.3 is 5.97 Å². The van der Waals surface area contributed by atoms with Crippen LogP contribution in [-0.2, 0) is 11.2 Å². The van der Waals surface area contributed by atoms with Gasteiger partial charge in [-0.2, -0.15) is 0 Å². The Morgan fingerprint density at radius 2 is 2.10 bits per heavy atom. The fourth-order valence-corrected chi connectivity index (χ4v) is 4.18. The summed E-state index contributed by atoms with van der Waals surface area (Å²) in [4.78, 5) is 34.2. The van der Waals surface area contributed by atoms with E-state index in [1.807, 2.05) is 6.92 Å². The molecule has 0 spiro atoms. The molecular weight excluding hydrogens is 389 g/mol. The number of carbonyl (C=O) groups excluding carboxylic acids is 1. The third-order valence-corrected chi connectivity index (χ3v) is 5.75. The monoisotopic (exact) mass is 411 g/mol. The average Bonchev–Trinajstić information content (AvgIpc) is 3.08. The van der Waals surface area contributed by atoms with Crippen LogP contribution in [0.25, 0.3) is 11.0 Å². The number of imidazole rings is 1. The van der Waals surface area contributed by atoms with E-state index in [4.69, 9.17) is 0 Å². The summed E-state index contributed by atoms with van der Waals surface area (Å²) in [5.74, 6) is -1.28.